The maximum atomic E-state index is 11.1. The summed E-state index contributed by atoms with van der Waals surface area (Å²) in [6.07, 6.45) is 5.69. The molecule has 3 aromatic rings. The number of nitro groups is 1. The molecule has 0 bridgehead atoms. The zero-order chi connectivity index (χ0) is 17.8. The van der Waals surface area contributed by atoms with E-state index in [0.29, 0.717) is 11.0 Å². The number of hydrogen-bond donors (Lipinski definition) is 0. The number of allylic oxidation sites excluding steroid dienone is 1. The molecular weight excluding hydrogens is 460 g/mol. The summed E-state index contributed by atoms with van der Waals surface area (Å²) >= 11 is 3.21. The number of halogens is 2. The first-order valence-corrected chi connectivity index (χ1v) is 8.54. The Balaban J connectivity index is 0.00000243. The van der Waals surface area contributed by atoms with Crippen molar-refractivity contribution in [3.8, 4) is 0 Å². The van der Waals surface area contributed by atoms with E-state index in [1.54, 1.807) is 12.1 Å². The first-order valence-electron chi connectivity index (χ1n) is 7.74. The molecule has 1 aromatic heterocycles. The smallest absolute Gasteiger partial charge is 0.284 e. The number of aromatic nitrogens is 1. The van der Waals surface area contributed by atoms with Gasteiger partial charge in [-0.2, -0.15) is 4.57 Å². The fourth-order valence-electron chi connectivity index (χ4n) is 2.71. The fourth-order valence-corrected chi connectivity index (χ4v) is 3.10. The van der Waals surface area contributed by atoms with Gasteiger partial charge in [0.1, 0.15) is 0 Å². The van der Waals surface area contributed by atoms with E-state index in [1.165, 1.54) is 0 Å². The summed E-state index contributed by atoms with van der Waals surface area (Å²) in [5.41, 5.74) is 2.95. The van der Waals surface area contributed by atoms with Crippen LogP contribution in [0.15, 0.2) is 71.7 Å². The monoisotopic (exact) mass is 474 g/mol. The maximum absolute atomic E-state index is 11.1. The van der Waals surface area contributed by atoms with Crippen molar-refractivity contribution in [3.05, 3.63) is 93.1 Å². The molecule has 0 atom stereocenters. The second kappa shape index (κ2) is 8.87. The molecule has 0 radical (unpaired) electrons. The molecular formula is C20H16Br2N2O2. The maximum Gasteiger partial charge on any atom is 0.284 e. The van der Waals surface area contributed by atoms with E-state index in [-0.39, 0.29) is 22.7 Å². The summed E-state index contributed by atoms with van der Waals surface area (Å²) < 4.78 is 2.63. The Labute approximate surface area is 170 Å². The first-order chi connectivity index (χ1) is 12.1. The largest absolute Gasteiger partial charge is 1.00 e. The van der Waals surface area contributed by atoms with Crippen LogP contribution in [0.4, 0.5) is 5.69 Å². The SMILES string of the molecule is C=CC[n+]1c(/C=C/c2ccc(Br)c([N+](=O)[O-])c2)ccc2ccccc21.[Br-]. The zero-order valence-electron chi connectivity index (χ0n) is 13.8. The van der Waals surface area contributed by atoms with Crippen LogP contribution >= 0.6 is 15.9 Å². The van der Waals surface area contributed by atoms with Crippen molar-refractivity contribution in [2.24, 2.45) is 0 Å². The third-order valence-corrected chi connectivity index (χ3v) is 4.57. The molecule has 3 rings (SSSR count). The lowest BCUT2D eigenvalue weighted by Crippen LogP contribution is -3.00. The summed E-state index contributed by atoms with van der Waals surface area (Å²) in [6.45, 7) is 4.52. The lowest BCUT2D eigenvalue weighted by atomic mass is 10.1. The van der Waals surface area contributed by atoms with E-state index in [0.717, 1.165) is 22.2 Å². The highest BCUT2D eigenvalue weighted by atomic mass is 79.9. The van der Waals surface area contributed by atoms with Crippen molar-refractivity contribution in [2.75, 3.05) is 0 Å². The van der Waals surface area contributed by atoms with Crippen molar-refractivity contribution in [2.45, 2.75) is 6.54 Å². The minimum Gasteiger partial charge on any atom is -1.00 e. The molecule has 0 saturated heterocycles. The third kappa shape index (κ3) is 4.26. The highest BCUT2D eigenvalue weighted by Crippen LogP contribution is 2.26. The molecule has 6 heteroatoms. The molecule has 0 N–H and O–H groups in total. The number of benzene rings is 2. The van der Waals surface area contributed by atoms with Gasteiger partial charge in [-0.15, -0.1) is 0 Å². The molecule has 0 saturated carbocycles. The van der Waals surface area contributed by atoms with Crippen LogP contribution in [-0.2, 0) is 6.54 Å². The zero-order valence-corrected chi connectivity index (χ0v) is 17.0. The van der Waals surface area contributed by atoms with Crippen LogP contribution in [-0.4, -0.2) is 4.92 Å². The average molecular weight is 476 g/mol. The molecule has 0 fully saturated rings. The van der Waals surface area contributed by atoms with Gasteiger partial charge in [0.15, 0.2) is 6.54 Å². The number of hydrogen-bond acceptors (Lipinski definition) is 2. The fraction of sp³-hybridized carbons (Fsp3) is 0.0500. The van der Waals surface area contributed by atoms with Gasteiger partial charge in [-0.1, -0.05) is 24.8 Å². The van der Waals surface area contributed by atoms with Gasteiger partial charge in [-0.25, -0.2) is 0 Å². The molecule has 0 amide bonds. The van der Waals surface area contributed by atoms with Crippen LogP contribution < -0.4 is 21.5 Å². The minimum atomic E-state index is -0.394. The number of nitrogens with zero attached hydrogens (tertiary/aromatic N) is 2. The summed E-state index contributed by atoms with van der Waals surface area (Å²) in [6, 6.07) is 17.3. The van der Waals surface area contributed by atoms with Crippen molar-refractivity contribution in [3.63, 3.8) is 0 Å². The second-order valence-corrected chi connectivity index (χ2v) is 6.37. The lowest BCUT2D eigenvalue weighted by Gasteiger charge is -2.03. The summed E-state index contributed by atoms with van der Waals surface area (Å²) in [5.74, 6) is 0. The minimum absolute atomic E-state index is 0. The lowest BCUT2D eigenvalue weighted by molar-refractivity contribution is -0.662. The summed E-state index contributed by atoms with van der Waals surface area (Å²) in [5, 5.41) is 12.2. The number of nitro benzene ring substituents is 1. The molecule has 0 aliphatic heterocycles. The van der Waals surface area contributed by atoms with Crippen LogP contribution in [0, 0.1) is 10.1 Å². The van der Waals surface area contributed by atoms with Gasteiger partial charge in [0, 0.05) is 29.7 Å². The van der Waals surface area contributed by atoms with Gasteiger partial charge in [0.05, 0.1) is 9.40 Å². The van der Waals surface area contributed by atoms with Crippen molar-refractivity contribution in [1.82, 2.24) is 0 Å². The number of fused-ring (bicyclic) bond motifs is 1. The highest BCUT2D eigenvalue weighted by molar-refractivity contribution is 9.10. The van der Waals surface area contributed by atoms with Crippen LogP contribution in [0.2, 0.25) is 0 Å². The Bertz CT molecular complexity index is 1000. The molecule has 0 aliphatic rings. The first kappa shape index (κ1) is 20.0. The van der Waals surface area contributed by atoms with Gasteiger partial charge < -0.3 is 17.0 Å². The van der Waals surface area contributed by atoms with Crippen molar-refractivity contribution < 1.29 is 26.5 Å². The number of para-hydroxylation sites is 1. The van der Waals surface area contributed by atoms with Crippen molar-refractivity contribution >= 4 is 44.7 Å². The molecule has 0 aliphatic carbocycles. The van der Waals surface area contributed by atoms with E-state index in [1.807, 2.05) is 42.5 Å². The Hall–Kier alpha value is -2.31. The molecule has 1 heterocycles. The van der Waals surface area contributed by atoms with Crippen LogP contribution in [0.5, 0.6) is 0 Å². The average Bonchev–Trinajstić information content (AvgIpc) is 2.62. The highest BCUT2D eigenvalue weighted by Gasteiger charge is 2.13. The molecule has 4 nitrogen and oxygen atoms in total. The van der Waals surface area contributed by atoms with E-state index in [2.05, 4.69) is 45.3 Å². The Morgan fingerprint density at radius 1 is 1.12 bits per heavy atom. The van der Waals surface area contributed by atoms with Gasteiger partial charge in [0.25, 0.3) is 5.69 Å². The second-order valence-electron chi connectivity index (χ2n) is 5.52. The number of rotatable bonds is 5. The quantitative estimate of drug-likeness (QED) is 0.246. The van der Waals surface area contributed by atoms with Gasteiger partial charge in [-0.3, -0.25) is 10.1 Å². The Kier molecular flexibility index (Phi) is 6.83. The number of pyridine rings is 1. The molecule has 2 aromatic carbocycles. The van der Waals surface area contributed by atoms with E-state index >= 15 is 0 Å². The van der Waals surface area contributed by atoms with Crippen LogP contribution in [0.1, 0.15) is 11.3 Å². The molecule has 0 spiro atoms. The van der Waals surface area contributed by atoms with E-state index in [9.17, 15) is 10.1 Å². The summed E-state index contributed by atoms with van der Waals surface area (Å²) in [4.78, 5) is 10.7. The predicted molar refractivity (Wildman–Crippen MR) is 104 cm³/mol. The normalized spacial score (nSPS) is 10.7. The third-order valence-electron chi connectivity index (χ3n) is 3.90. The van der Waals surface area contributed by atoms with Gasteiger partial charge in [0.2, 0.25) is 11.2 Å². The van der Waals surface area contributed by atoms with Crippen molar-refractivity contribution in [1.29, 1.82) is 0 Å². The predicted octanol–water partition coefficient (Wildman–Crippen LogP) is 2.16. The Morgan fingerprint density at radius 3 is 2.62 bits per heavy atom. The van der Waals surface area contributed by atoms with E-state index < -0.39 is 4.92 Å². The Morgan fingerprint density at radius 2 is 1.88 bits per heavy atom. The van der Waals surface area contributed by atoms with Crippen LogP contribution in [0.3, 0.4) is 0 Å². The molecule has 132 valence electrons. The molecule has 0 unspecified atom stereocenters. The van der Waals surface area contributed by atoms with Crippen LogP contribution in [0.25, 0.3) is 23.1 Å². The molecule has 26 heavy (non-hydrogen) atoms. The van der Waals surface area contributed by atoms with Gasteiger partial charge in [-0.05, 0) is 51.8 Å². The van der Waals surface area contributed by atoms with E-state index in [4.69, 9.17) is 0 Å². The topological polar surface area (TPSA) is 47.0 Å². The van der Waals surface area contributed by atoms with Gasteiger partial charge >= 0.3 is 0 Å². The summed E-state index contributed by atoms with van der Waals surface area (Å²) in [7, 11) is 0. The standard InChI is InChI=1S/C20H16BrN2O2.BrH/c1-2-13-22-17(11-9-16-5-3-4-6-19(16)22)10-7-15-8-12-18(21)20(14-15)23(24)25;/h2-12,14H,1,13H2;1H/q+1;/p-1/b10-7+;.